The molecule has 2 unspecified atom stereocenters. The Morgan fingerprint density at radius 2 is 1.92 bits per heavy atom. The van der Waals surface area contributed by atoms with Gasteiger partial charge in [0.2, 0.25) is 0 Å². The van der Waals surface area contributed by atoms with Crippen molar-refractivity contribution in [2.24, 2.45) is 0 Å². The number of amides is 1. The van der Waals surface area contributed by atoms with Crippen LogP contribution in [0.2, 0.25) is 0 Å². The van der Waals surface area contributed by atoms with Gasteiger partial charge in [-0.25, -0.2) is 0 Å². The summed E-state index contributed by atoms with van der Waals surface area (Å²) in [5.74, 6) is 1.42. The summed E-state index contributed by atoms with van der Waals surface area (Å²) in [5, 5.41) is 3.13. The summed E-state index contributed by atoms with van der Waals surface area (Å²) in [6.45, 7) is 9.95. The van der Waals surface area contributed by atoms with Crippen LogP contribution in [0.5, 0.6) is 11.5 Å². The highest BCUT2D eigenvalue weighted by atomic mass is 16.5. The van der Waals surface area contributed by atoms with Crippen molar-refractivity contribution in [3.05, 3.63) is 59.2 Å². The third-order valence-electron chi connectivity index (χ3n) is 4.85. The zero-order chi connectivity index (χ0) is 18.9. The Hall–Kier alpha value is -2.49. The molecule has 0 fully saturated rings. The second-order valence-electron chi connectivity index (χ2n) is 7.67. The summed E-state index contributed by atoms with van der Waals surface area (Å²) in [4.78, 5) is 12.7. The van der Waals surface area contributed by atoms with E-state index in [0.29, 0.717) is 12.2 Å². The van der Waals surface area contributed by atoms with Crippen molar-refractivity contribution in [2.75, 3.05) is 0 Å². The molecule has 0 radical (unpaired) electrons. The Morgan fingerprint density at radius 1 is 1.19 bits per heavy atom. The standard InChI is InChI=1S/C22H27NO3/c1-14-10-11-17(12-15(14)2)25-16(3)21(24)23-19-13-22(4,5)26-20-9-7-6-8-18(19)20/h6-12,16,19H,13H2,1-5H3,(H,23,24). The van der Waals surface area contributed by atoms with Crippen LogP contribution in [0.1, 0.15) is 49.9 Å². The number of carbonyl (C=O) groups excluding carboxylic acids is 1. The SMILES string of the molecule is Cc1ccc(OC(C)C(=O)NC2CC(C)(C)Oc3ccccc32)cc1C. The molecule has 2 atom stereocenters. The lowest BCUT2D eigenvalue weighted by atomic mass is 9.89. The number of ether oxygens (including phenoxy) is 2. The fourth-order valence-corrected chi connectivity index (χ4v) is 3.26. The van der Waals surface area contributed by atoms with Crippen molar-refractivity contribution in [1.29, 1.82) is 0 Å². The maximum Gasteiger partial charge on any atom is 0.261 e. The van der Waals surface area contributed by atoms with Crippen molar-refractivity contribution in [1.82, 2.24) is 5.32 Å². The van der Waals surface area contributed by atoms with Gasteiger partial charge in [0.1, 0.15) is 17.1 Å². The quantitative estimate of drug-likeness (QED) is 0.881. The third kappa shape index (κ3) is 4.01. The number of fused-ring (bicyclic) bond motifs is 1. The van der Waals surface area contributed by atoms with Crippen molar-refractivity contribution in [3.63, 3.8) is 0 Å². The molecule has 1 aliphatic rings. The number of carbonyl (C=O) groups is 1. The van der Waals surface area contributed by atoms with E-state index in [0.717, 1.165) is 16.9 Å². The summed E-state index contributed by atoms with van der Waals surface area (Å²) in [6, 6.07) is 13.7. The van der Waals surface area contributed by atoms with Gasteiger partial charge in [-0.1, -0.05) is 24.3 Å². The fourth-order valence-electron chi connectivity index (χ4n) is 3.26. The van der Waals surface area contributed by atoms with Crippen LogP contribution in [-0.2, 0) is 4.79 Å². The average Bonchev–Trinajstić information content (AvgIpc) is 2.57. The molecule has 3 rings (SSSR count). The zero-order valence-electron chi connectivity index (χ0n) is 16.1. The van der Waals surface area contributed by atoms with Gasteiger partial charge in [-0.2, -0.15) is 0 Å². The second kappa shape index (κ2) is 7.02. The van der Waals surface area contributed by atoms with Crippen molar-refractivity contribution >= 4 is 5.91 Å². The molecule has 1 aliphatic heterocycles. The predicted octanol–water partition coefficient (Wildman–Crippen LogP) is 4.49. The van der Waals surface area contributed by atoms with Gasteiger partial charge in [0, 0.05) is 12.0 Å². The number of nitrogens with one attached hydrogen (secondary N) is 1. The molecule has 2 aromatic rings. The molecule has 1 N–H and O–H groups in total. The molecule has 2 aromatic carbocycles. The highest BCUT2D eigenvalue weighted by molar-refractivity contribution is 5.81. The van der Waals surface area contributed by atoms with E-state index in [1.165, 1.54) is 5.56 Å². The van der Waals surface area contributed by atoms with E-state index in [2.05, 4.69) is 12.2 Å². The zero-order valence-corrected chi connectivity index (χ0v) is 16.1. The minimum atomic E-state index is -0.574. The van der Waals surface area contributed by atoms with Gasteiger partial charge in [-0.3, -0.25) is 4.79 Å². The average molecular weight is 353 g/mol. The highest BCUT2D eigenvalue weighted by Crippen LogP contribution is 2.39. The van der Waals surface area contributed by atoms with Crippen LogP contribution in [0, 0.1) is 13.8 Å². The van der Waals surface area contributed by atoms with E-state index < -0.39 is 6.10 Å². The lowest BCUT2D eigenvalue weighted by Crippen LogP contribution is -2.44. The van der Waals surface area contributed by atoms with E-state index in [4.69, 9.17) is 9.47 Å². The molecule has 0 bridgehead atoms. The van der Waals surface area contributed by atoms with Crippen LogP contribution in [0.3, 0.4) is 0 Å². The van der Waals surface area contributed by atoms with Gasteiger partial charge in [-0.05, 0) is 63.9 Å². The largest absolute Gasteiger partial charge is 0.487 e. The summed E-state index contributed by atoms with van der Waals surface area (Å²) >= 11 is 0. The highest BCUT2D eigenvalue weighted by Gasteiger charge is 2.35. The maximum absolute atomic E-state index is 12.7. The number of hydrogen-bond acceptors (Lipinski definition) is 3. The third-order valence-corrected chi connectivity index (χ3v) is 4.85. The molecule has 1 amide bonds. The Balaban J connectivity index is 1.71. The monoisotopic (exact) mass is 353 g/mol. The van der Waals surface area contributed by atoms with Gasteiger partial charge < -0.3 is 14.8 Å². The molecular formula is C22H27NO3. The molecule has 138 valence electrons. The minimum absolute atomic E-state index is 0.0896. The molecule has 26 heavy (non-hydrogen) atoms. The smallest absolute Gasteiger partial charge is 0.261 e. The summed E-state index contributed by atoms with van der Waals surface area (Å²) in [7, 11) is 0. The lowest BCUT2D eigenvalue weighted by molar-refractivity contribution is -0.128. The van der Waals surface area contributed by atoms with Gasteiger partial charge >= 0.3 is 0 Å². The van der Waals surface area contributed by atoms with Gasteiger partial charge in [-0.15, -0.1) is 0 Å². The first-order valence-electron chi connectivity index (χ1n) is 9.07. The molecule has 1 heterocycles. The number of para-hydroxylation sites is 1. The van der Waals surface area contributed by atoms with E-state index >= 15 is 0 Å². The number of hydrogen-bond donors (Lipinski definition) is 1. The Labute approximate surface area is 155 Å². The van der Waals surface area contributed by atoms with E-state index in [-0.39, 0.29) is 17.6 Å². The molecule has 0 spiro atoms. The minimum Gasteiger partial charge on any atom is -0.487 e. The first kappa shape index (κ1) is 18.3. The Bertz CT molecular complexity index is 813. The molecular weight excluding hydrogens is 326 g/mol. The molecule has 0 saturated heterocycles. The van der Waals surface area contributed by atoms with Crippen LogP contribution >= 0.6 is 0 Å². The molecule has 0 aliphatic carbocycles. The second-order valence-corrected chi connectivity index (χ2v) is 7.67. The number of aryl methyl sites for hydroxylation is 2. The van der Waals surface area contributed by atoms with Gasteiger partial charge in [0.15, 0.2) is 6.10 Å². The van der Waals surface area contributed by atoms with E-state index in [1.807, 2.05) is 63.2 Å². The fraction of sp³-hybridized carbons (Fsp3) is 0.409. The van der Waals surface area contributed by atoms with Crippen LogP contribution in [0.4, 0.5) is 0 Å². The van der Waals surface area contributed by atoms with Crippen molar-refractivity contribution in [3.8, 4) is 11.5 Å². The van der Waals surface area contributed by atoms with Gasteiger partial charge in [0.05, 0.1) is 6.04 Å². The van der Waals surface area contributed by atoms with E-state index in [1.54, 1.807) is 6.92 Å². The summed E-state index contributed by atoms with van der Waals surface area (Å²) < 4.78 is 11.9. The Kier molecular flexibility index (Phi) is 4.94. The van der Waals surface area contributed by atoms with Crippen molar-refractivity contribution < 1.29 is 14.3 Å². The van der Waals surface area contributed by atoms with Crippen LogP contribution in [0.15, 0.2) is 42.5 Å². The molecule has 4 nitrogen and oxygen atoms in total. The molecule has 4 heteroatoms. The number of benzene rings is 2. The lowest BCUT2D eigenvalue weighted by Gasteiger charge is -2.38. The first-order chi connectivity index (χ1) is 12.2. The molecule has 0 aromatic heterocycles. The molecule has 0 saturated carbocycles. The number of rotatable bonds is 4. The Morgan fingerprint density at radius 3 is 2.65 bits per heavy atom. The first-order valence-corrected chi connectivity index (χ1v) is 9.07. The maximum atomic E-state index is 12.7. The topological polar surface area (TPSA) is 47.6 Å². The van der Waals surface area contributed by atoms with Crippen molar-refractivity contribution in [2.45, 2.75) is 58.8 Å². The summed E-state index contributed by atoms with van der Waals surface area (Å²) in [5.41, 5.74) is 3.04. The van der Waals surface area contributed by atoms with Crippen LogP contribution < -0.4 is 14.8 Å². The van der Waals surface area contributed by atoms with Crippen LogP contribution in [-0.4, -0.2) is 17.6 Å². The predicted molar refractivity (Wildman–Crippen MR) is 103 cm³/mol. The summed E-state index contributed by atoms with van der Waals surface area (Å²) in [6.07, 6.45) is 0.141. The van der Waals surface area contributed by atoms with Crippen LogP contribution in [0.25, 0.3) is 0 Å². The van der Waals surface area contributed by atoms with E-state index in [9.17, 15) is 4.79 Å². The normalized spacial score (nSPS) is 19.0. The van der Waals surface area contributed by atoms with Gasteiger partial charge in [0.25, 0.3) is 5.91 Å².